The number of nitrogens with one attached hydrogen (secondary N) is 1. The van der Waals surface area contributed by atoms with Crippen LogP contribution in [0.4, 0.5) is 5.13 Å². The number of nitrogens with zero attached hydrogens (tertiary/aromatic N) is 2. The molecule has 5 nitrogen and oxygen atoms in total. The summed E-state index contributed by atoms with van der Waals surface area (Å²) in [6, 6.07) is 4.92. The highest BCUT2D eigenvalue weighted by Gasteiger charge is 2.35. The van der Waals surface area contributed by atoms with Crippen LogP contribution in [0.25, 0.3) is 0 Å². The van der Waals surface area contributed by atoms with Gasteiger partial charge < -0.3 is 10.2 Å². The Labute approximate surface area is 172 Å². The molecule has 0 spiro atoms. The lowest BCUT2D eigenvalue weighted by molar-refractivity contribution is -0.139. The van der Waals surface area contributed by atoms with Gasteiger partial charge in [0.15, 0.2) is 5.13 Å². The van der Waals surface area contributed by atoms with E-state index >= 15 is 0 Å². The number of hydrogen-bond acceptors (Lipinski definition) is 4. The van der Waals surface area contributed by atoms with Gasteiger partial charge in [0, 0.05) is 40.0 Å². The molecule has 3 rings (SSSR count). The third-order valence-corrected chi connectivity index (χ3v) is 6.01. The second-order valence-corrected chi connectivity index (χ2v) is 8.84. The van der Waals surface area contributed by atoms with Crippen molar-refractivity contribution in [2.24, 2.45) is 5.92 Å². The van der Waals surface area contributed by atoms with Crippen molar-refractivity contribution < 1.29 is 9.59 Å². The van der Waals surface area contributed by atoms with E-state index in [1.165, 1.54) is 11.3 Å². The van der Waals surface area contributed by atoms with Crippen LogP contribution in [-0.4, -0.2) is 34.3 Å². The van der Waals surface area contributed by atoms with Crippen molar-refractivity contribution >= 4 is 51.5 Å². The molecule has 1 aromatic carbocycles. The first-order valence-electron chi connectivity index (χ1n) is 8.85. The molecule has 1 N–H and O–H groups in total. The summed E-state index contributed by atoms with van der Waals surface area (Å²) in [6.45, 7) is 4.33. The molecule has 1 aliphatic heterocycles. The number of anilines is 1. The molecule has 1 atom stereocenters. The molecule has 1 fully saturated rings. The lowest BCUT2D eigenvalue weighted by Gasteiger charge is -2.25. The van der Waals surface area contributed by atoms with E-state index in [2.05, 4.69) is 10.3 Å². The first kappa shape index (κ1) is 20.1. The Morgan fingerprint density at radius 2 is 2.15 bits per heavy atom. The average molecular weight is 426 g/mol. The fourth-order valence-electron chi connectivity index (χ4n) is 3.14. The van der Waals surface area contributed by atoms with E-state index in [1.54, 1.807) is 23.2 Å². The number of thiazole rings is 1. The highest BCUT2D eigenvalue weighted by atomic mass is 35.5. The predicted molar refractivity (Wildman–Crippen MR) is 110 cm³/mol. The predicted octanol–water partition coefficient (Wildman–Crippen LogP) is 4.63. The van der Waals surface area contributed by atoms with Crippen LogP contribution in [0.3, 0.4) is 0 Å². The Kier molecular flexibility index (Phi) is 6.40. The number of carbonyl (C=O) groups is 2. The number of benzene rings is 1. The minimum atomic E-state index is -0.422. The average Bonchev–Trinajstić information content (AvgIpc) is 3.27. The van der Waals surface area contributed by atoms with E-state index in [1.807, 2.05) is 19.9 Å². The molecule has 0 radical (unpaired) electrons. The van der Waals surface area contributed by atoms with Crippen LogP contribution in [0, 0.1) is 5.92 Å². The highest BCUT2D eigenvalue weighted by Crippen LogP contribution is 2.28. The Morgan fingerprint density at radius 1 is 1.37 bits per heavy atom. The molecule has 144 valence electrons. The summed E-state index contributed by atoms with van der Waals surface area (Å²) in [7, 11) is 0. The van der Waals surface area contributed by atoms with Crippen LogP contribution in [0.15, 0.2) is 24.4 Å². The maximum atomic E-state index is 12.6. The molecule has 2 amide bonds. The Morgan fingerprint density at radius 3 is 2.89 bits per heavy atom. The largest absolute Gasteiger partial charge is 0.330 e. The number of halogens is 2. The first-order valence-corrected chi connectivity index (χ1v) is 10.4. The molecule has 0 saturated carbocycles. The molecule has 0 aliphatic carbocycles. The topological polar surface area (TPSA) is 62.3 Å². The molecule has 1 aromatic heterocycles. The van der Waals surface area contributed by atoms with E-state index in [9.17, 15) is 9.59 Å². The summed E-state index contributed by atoms with van der Waals surface area (Å²) in [5, 5.41) is 4.65. The van der Waals surface area contributed by atoms with E-state index in [4.69, 9.17) is 23.2 Å². The van der Waals surface area contributed by atoms with Crippen molar-refractivity contribution in [2.45, 2.75) is 39.2 Å². The molecular formula is C19H21Cl2N3O2S. The van der Waals surface area contributed by atoms with Crippen molar-refractivity contribution in [2.75, 3.05) is 11.9 Å². The molecule has 2 heterocycles. The second-order valence-electron chi connectivity index (χ2n) is 6.88. The standard InChI is InChI=1S/C19H21Cl2N3O2S/c1-11(2)18(26)24-7-3-4-16(24)17(25)23-19-22-10-14(27-19)9-12-8-13(20)5-6-15(12)21/h5-6,8,10-11,16H,3-4,7,9H2,1-2H3,(H,22,23,25). The zero-order valence-corrected chi connectivity index (χ0v) is 17.5. The van der Waals surface area contributed by atoms with Crippen LogP contribution in [-0.2, 0) is 16.0 Å². The van der Waals surface area contributed by atoms with Crippen LogP contribution >= 0.6 is 34.5 Å². The molecule has 1 aliphatic rings. The van der Waals surface area contributed by atoms with Gasteiger partial charge in [0.25, 0.3) is 0 Å². The molecule has 27 heavy (non-hydrogen) atoms. The van der Waals surface area contributed by atoms with Crippen molar-refractivity contribution in [3.63, 3.8) is 0 Å². The summed E-state index contributed by atoms with van der Waals surface area (Å²) >= 11 is 13.6. The van der Waals surface area contributed by atoms with Crippen LogP contribution in [0.5, 0.6) is 0 Å². The minimum absolute atomic E-state index is 0.0167. The zero-order chi connectivity index (χ0) is 19.6. The quantitative estimate of drug-likeness (QED) is 0.759. The first-order chi connectivity index (χ1) is 12.8. The van der Waals surface area contributed by atoms with Crippen molar-refractivity contribution in [3.05, 3.63) is 44.9 Å². The molecule has 0 bridgehead atoms. The maximum absolute atomic E-state index is 12.6. The summed E-state index contributed by atoms with van der Waals surface area (Å²) in [5.41, 5.74) is 0.912. The van der Waals surface area contributed by atoms with E-state index in [-0.39, 0.29) is 17.7 Å². The van der Waals surface area contributed by atoms with Crippen LogP contribution in [0.1, 0.15) is 37.1 Å². The molecule has 8 heteroatoms. The van der Waals surface area contributed by atoms with Gasteiger partial charge in [-0.25, -0.2) is 4.98 Å². The van der Waals surface area contributed by atoms with Gasteiger partial charge in [-0.1, -0.05) is 37.0 Å². The third-order valence-electron chi connectivity index (χ3n) is 4.49. The van der Waals surface area contributed by atoms with Gasteiger partial charge in [-0.15, -0.1) is 11.3 Å². The van der Waals surface area contributed by atoms with Crippen molar-refractivity contribution in [1.82, 2.24) is 9.88 Å². The Bertz CT molecular complexity index is 853. The lowest BCUT2D eigenvalue weighted by atomic mass is 10.1. The highest BCUT2D eigenvalue weighted by molar-refractivity contribution is 7.15. The van der Waals surface area contributed by atoms with Crippen molar-refractivity contribution in [3.8, 4) is 0 Å². The normalized spacial score (nSPS) is 16.8. The van der Waals surface area contributed by atoms with Gasteiger partial charge in [-0.2, -0.15) is 0 Å². The summed E-state index contributed by atoms with van der Waals surface area (Å²) in [5.74, 6) is -0.279. The summed E-state index contributed by atoms with van der Waals surface area (Å²) in [6.07, 6.45) is 3.84. The number of rotatable bonds is 5. The molecule has 1 unspecified atom stereocenters. The van der Waals surface area contributed by atoms with E-state index < -0.39 is 6.04 Å². The van der Waals surface area contributed by atoms with Crippen molar-refractivity contribution in [1.29, 1.82) is 0 Å². The zero-order valence-electron chi connectivity index (χ0n) is 15.2. The van der Waals surface area contributed by atoms with Crippen LogP contribution in [0.2, 0.25) is 10.0 Å². The molecule has 1 saturated heterocycles. The second kappa shape index (κ2) is 8.59. The number of hydrogen-bond donors (Lipinski definition) is 1. The number of carbonyl (C=O) groups excluding carboxylic acids is 2. The van der Waals surface area contributed by atoms with Gasteiger partial charge in [-0.05, 0) is 36.6 Å². The van der Waals surface area contributed by atoms with Gasteiger partial charge in [0.1, 0.15) is 6.04 Å². The summed E-state index contributed by atoms with van der Waals surface area (Å²) < 4.78 is 0. The third kappa shape index (κ3) is 4.81. The molecule has 2 aromatic rings. The Hall–Kier alpha value is -1.63. The number of aromatic nitrogens is 1. The van der Waals surface area contributed by atoms with Gasteiger partial charge in [0.2, 0.25) is 11.8 Å². The van der Waals surface area contributed by atoms with Crippen LogP contribution < -0.4 is 5.32 Å². The number of amides is 2. The van der Waals surface area contributed by atoms with E-state index in [0.29, 0.717) is 34.6 Å². The van der Waals surface area contributed by atoms with Gasteiger partial charge in [0.05, 0.1) is 0 Å². The lowest BCUT2D eigenvalue weighted by Crippen LogP contribution is -2.44. The maximum Gasteiger partial charge on any atom is 0.248 e. The fourth-order valence-corrected chi connectivity index (χ4v) is 4.35. The SMILES string of the molecule is CC(C)C(=O)N1CCCC1C(=O)Nc1ncc(Cc2cc(Cl)ccc2Cl)s1. The Balaban J connectivity index is 1.66. The van der Waals surface area contributed by atoms with Gasteiger partial charge in [-0.3, -0.25) is 9.59 Å². The fraction of sp³-hybridized carbons (Fsp3) is 0.421. The monoisotopic (exact) mass is 425 g/mol. The molecular weight excluding hydrogens is 405 g/mol. The summed E-state index contributed by atoms with van der Waals surface area (Å²) in [4.78, 5) is 31.9. The van der Waals surface area contributed by atoms with Gasteiger partial charge >= 0.3 is 0 Å². The van der Waals surface area contributed by atoms with E-state index in [0.717, 1.165) is 16.9 Å². The smallest absolute Gasteiger partial charge is 0.248 e. The minimum Gasteiger partial charge on any atom is -0.330 e. The number of likely N-dealkylation sites (tertiary alicyclic amines) is 1.